The van der Waals surface area contributed by atoms with Gasteiger partial charge in [0.05, 0.1) is 23.9 Å². The first-order chi connectivity index (χ1) is 22.3. The highest BCUT2D eigenvalue weighted by molar-refractivity contribution is 7.91. The van der Waals surface area contributed by atoms with Crippen molar-refractivity contribution >= 4 is 33.3 Å². The molecule has 2 N–H and O–H groups in total. The van der Waals surface area contributed by atoms with Crippen LogP contribution in [-0.2, 0) is 23.4 Å². The predicted octanol–water partition coefficient (Wildman–Crippen LogP) is 4.12. The van der Waals surface area contributed by atoms with E-state index in [-0.39, 0.29) is 29.6 Å². The van der Waals surface area contributed by atoms with Crippen molar-refractivity contribution in [1.82, 2.24) is 25.1 Å². The molecule has 2 amide bonds. The molecular formula is C33H37N9O3S. The Morgan fingerprint density at radius 1 is 1.00 bits per heavy atom. The molecule has 0 bridgehead atoms. The van der Waals surface area contributed by atoms with Crippen LogP contribution in [0.1, 0.15) is 36.8 Å². The molecule has 3 heterocycles. The van der Waals surface area contributed by atoms with Crippen molar-refractivity contribution in [3.8, 4) is 17.2 Å². The second kappa shape index (κ2) is 13.6. The minimum absolute atomic E-state index is 0.00851. The molecule has 0 unspecified atom stereocenters. The lowest BCUT2D eigenvalue weighted by atomic mass is 9.90. The minimum Gasteiger partial charge on any atom is -0.353 e. The zero-order valence-electron chi connectivity index (χ0n) is 25.7. The summed E-state index contributed by atoms with van der Waals surface area (Å²) in [6.45, 7) is 1.02. The van der Waals surface area contributed by atoms with E-state index in [1.807, 2.05) is 83.8 Å². The number of benzene rings is 2. The van der Waals surface area contributed by atoms with Gasteiger partial charge in [0.1, 0.15) is 11.6 Å². The van der Waals surface area contributed by atoms with Crippen LogP contribution >= 0.6 is 0 Å². The maximum Gasteiger partial charge on any atom is 0.322 e. The van der Waals surface area contributed by atoms with Gasteiger partial charge in [-0.05, 0) is 48.9 Å². The summed E-state index contributed by atoms with van der Waals surface area (Å²) in [4.78, 5) is 26.5. The monoisotopic (exact) mass is 639 g/mol. The number of hydrogen-bond acceptors (Lipinski definition) is 9. The molecule has 0 atom stereocenters. The molecule has 46 heavy (non-hydrogen) atoms. The minimum atomic E-state index is -3.07. The van der Waals surface area contributed by atoms with Gasteiger partial charge in [-0.25, -0.2) is 18.2 Å². The van der Waals surface area contributed by atoms with E-state index in [4.69, 9.17) is 0 Å². The fourth-order valence-electron chi connectivity index (χ4n) is 6.08. The van der Waals surface area contributed by atoms with Gasteiger partial charge in [0.15, 0.2) is 15.7 Å². The second-order valence-corrected chi connectivity index (χ2v) is 14.1. The Labute approximate surface area is 269 Å². The van der Waals surface area contributed by atoms with Crippen molar-refractivity contribution < 1.29 is 13.2 Å². The Kier molecular flexibility index (Phi) is 9.16. The number of aromatic nitrogens is 4. The number of nitrogens with zero attached hydrogens (tertiary/aromatic N) is 7. The van der Waals surface area contributed by atoms with Gasteiger partial charge in [0.2, 0.25) is 5.95 Å². The fraction of sp³-hybridized carbons (Fsp3) is 0.364. The van der Waals surface area contributed by atoms with E-state index in [9.17, 15) is 18.5 Å². The van der Waals surface area contributed by atoms with Crippen LogP contribution in [0.5, 0.6) is 0 Å². The maximum atomic E-state index is 13.7. The normalized spacial score (nSPS) is 19.2. The number of anilines is 3. The number of carbonyl (C=O) groups excluding carboxylic acids is 1. The number of nitriles is 1. The van der Waals surface area contributed by atoms with E-state index in [2.05, 4.69) is 31.8 Å². The van der Waals surface area contributed by atoms with Gasteiger partial charge in [-0.15, -0.1) is 0 Å². The van der Waals surface area contributed by atoms with Crippen molar-refractivity contribution in [2.75, 3.05) is 39.7 Å². The molecule has 13 heteroatoms. The number of nitrogens with one attached hydrogen (secondary N) is 2. The summed E-state index contributed by atoms with van der Waals surface area (Å²) in [7, 11) is -1.18. The molecule has 2 aromatic carbocycles. The lowest BCUT2D eigenvalue weighted by Crippen LogP contribution is -2.48. The van der Waals surface area contributed by atoms with E-state index in [1.54, 1.807) is 4.68 Å². The highest BCUT2D eigenvalue weighted by Crippen LogP contribution is 2.31. The molecule has 12 nitrogen and oxygen atoms in total. The SMILES string of the molecule is Cn1cc(-c2ccc(N(C(=O)NCc3ccccc3)[C@H]3CC[C@H](Nc4ncc(C#N)c(N5CCS(=O)(=O)CC5)n4)CC3)cc2)cn1. The third kappa shape index (κ3) is 7.29. The lowest BCUT2D eigenvalue weighted by Gasteiger charge is -2.37. The fourth-order valence-corrected chi connectivity index (χ4v) is 7.29. The number of urea groups is 1. The van der Waals surface area contributed by atoms with Gasteiger partial charge in [0.25, 0.3) is 0 Å². The summed E-state index contributed by atoms with van der Waals surface area (Å²) >= 11 is 0. The standard InChI is InChI=1S/C33H37N9O3S/c1-40-23-27(22-37-40)25-7-11-29(12-8-25)42(33(43)36-20-24-5-3-2-4-6-24)30-13-9-28(10-14-30)38-32-35-21-26(19-34)31(39-32)41-15-17-46(44,45)18-16-41/h2-8,11-12,21-23,28,30H,9-10,13-18,20H2,1H3,(H,36,43)(H,35,38,39)/t28-,30-. The quantitative estimate of drug-likeness (QED) is 0.290. The molecular weight excluding hydrogens is 602 g/mol. The highest BCUT2D eigenvalue weighted by atomic mass is 32.2. The van der Waals surface area contributed by atoms with E-state index in [0.29, 0.717) is 37.0 Å². The first kappa shape index (κ1) is 31.0. The molecule has 1 saturated heterocycles. The van der Waals surface area contributed by atoms with Gasteiger partial charge < -0.3 is 15.5 Å². The van der Waals surface area contributed by atoms with E-state index >= 15 is 0 Å². The molecule has 4 aromatic rings. The molecule has 1 aliphatic heterocycles. The Bertz CT molecular complexity index is 1800. The zero-order valence-corrected chi connectivity index (χ0v) is 26.5. The summed E-state index contributed by atoms with van der Waals surface area (Å²) in [6.07, 6.45) is 8.41. The van der Waals surface area contributed by atoms with E-state index in [0.717, 1.165) is 48.1 Å². The van der Waals surface area contributed by atoms with Gasteiger partial charge in [-0.1, -0.05) is 42.5 Å². The topological polar surface area (TPSA) is 149 Å². The van der Waals surface area contributed by atoms with Crippen molar-refractivity contribution in [2.24, 2.45) is 7.05 Å². The van der Waals surface area contributed by atoms with Crippen LogP contribution in [0.3, 0.4) is 0 Å². The predicted molar refractivity (Wildman–Crippen MR) is 177 cm³/mol. The third-order valence-corrected chi connectivity index (χ3v) is 10.2. The van der Waals surface area contributed by atoms with Crippen LogP contribution in [0, 0.1) is 11.3 Å². The molecule has 0 radical (unpaired) electrons. The lowest BCUT2D eigenvalue weighted by molar-refractivity contribution is 0.240. The number of rotatable bonds is 8. The first-order valence-corrected chi connectivity index (χ1v) is 17.3. The maximum absolute atomic E-state index is 13.7. The molecule has 6 rings (SSSR count). The summed E-state index contributed by atoms with van der Waals surface area (Å²) < 4.78 is 25.6. The van der Waals surface area contributed by atoms with Crippen LogP contribution in [0.25, 0.3) is 11.1 Å². The number of sulfone groups is 1. The molecule has 238 valence electrons. The van der Waals surface area contributed by atoms with Crippen molar-refractivity contribution in [3.05, 3.63) is 84.3 Å². The van der Waals surface area contributed by atoms with Gasteiger partial charge in [-0.2, -0.15) is 15.3 Å². The molecule has 1 saturated carbocycles. The van der Waals surface area contributed by atoms with Crippen LogP contribution in [0.4, 0.5) is 22.2 Å². The van der Waals surface area contributed by atoms with Crippen molar-refractivity contribution in [1.29, 1.82) is 5.26 Å². The number of amides is 2. The Balaban J connectivity index is 1.15. The van der Waals surface area contributed by atoms with Crippen molar-refractivity contribution in [2.45, 2.75) is 44.3 Å². The van der Waals surface area contributed by atoms with Crippen LogP contribution in [-0.4, -0.2) is 70.9 Å². The molecule has 0 spiro atoms. The first-order valence-electron chi connectivity index (χ1n) is 15.5. The number of hydrogen-bond donors (Lipinski definition) is 2. The number of aryl methyl sites for hydroxylation is 1. The van der Waals surface area contributed by atoms with Crippen molar-refractivity contribution in [3.63, 3.8) is 0 Å². The Morgan fingerprint density at radius 2 is 1.72 bits per heavy atom. The zero-order chi connectivity index (χ0) is 32.1. The summed E-state index contributed by atoms with van der Waals surface area (Å²) in [5.41, 5.74) is 4.23. The molecule has 2 aromatic heterocycles. The van der Waals surface area contributed by atoms with Crippen LogP contribution in [0.15, 0.2) is 73.2 Å². The largest absolute Gasteiger partial charge is 0.353 e. The van der Waals surface area contributed by atoms with E-state index < -0.39 is 9.84 Å². The average Bonchev–Trinajstić information content (AvgIpc) is 3.51. The van der Waals surface area contributed by atoms with Gasteiger partial charge >= 0.3 is 6.03 Å². The molecule has 2 aliphatic rings. The van der Waals surface area contributed by atoms with Crippen LogP contribution < -0.4 is 20.4 Å². The summed E-state index contributed by atoms with van der Waals surface area (Å²) in [6, 6.07) is 20.0. The van der Waals surface area contributed by atoms with Gasteiger partial charge in [0, 0.05) is 56.2 Å². The average molecular weight is 640 g/mol. The third-order valence-electron chi connectivity index (χ3n) is 8.62. The second-order valence-electron chi connectivity index (χ2n) is 11.8. The van der Waals surface area contributed by atoms with Gasteiger partial charge in [-0.3, -0.25) is 9.58 Å². The molecule has 2 fully saturated rings. The summed E-state index contributed by atoms with van der Waals surface area (Å²) in [5, 5.41) is 20.4. The smallest absolute Gasteiger partial charge is 0.322 e. The molecule has 1 aliphatic carbocycles. The Morgan fingerprint density at radius 3 is 2.37 bits per heavy atom. The Hall–Kier alpha value is -4.96. The summed E-state index contributed by atoms with van der Waals surface area (Å²) in [5.74, 6) is 0.945. The number of carbonyl (C=O) groups is 1. The highest BCUT2D eigenvalue weighted by Gasteiger charge is 2.31. The van der Waals surface area contributed by atoms with E-state index in [1.165, 1.54) is 6.20 Å². The van der Waals surface area contributed by atoms with Crippen LogP contribution in [0.2, 0.25) is 0 Å².